The summed E-state index contributed by atoms with van der Waals surface area (Å²) < 4.78 is 3.91. The highest BCUT2D eigenvalue weighted by molar-refractivity contribution is 7.57. The van der Waals surface area contributed by atoms with Crippen LogP contribution in [0.25, 0.3) is 0 Å². The summed E-state index contributed by atoms with van der Waals surface area (Å²) in [4.78, 5) is 23.7. The van der Waals surface area contributed by atoms with Gasteiger partial charge in [0.1, 0.15) is 0 Å². The molecule has 2 saturated heterocycles. The van der Waals surface area contributed by atoms with Gasteiger partial charge in [0.2, 0.25) is 6.41 Å². The molecule has 0 aromatic rings. The average molecular weight is 379 g/mol. The molecule has 2 heterocycles. The lowest BCUT2D eigenvalue weighted by Crippen LogP contribution is -2.58. The van der Waals surface area contributed by atoms with Crippen molar-refractivity contribution < 1.29 is 9.59 Å². The molecule has 0 aliphatic carbocycles. The van der Waals surface area contributed by atoms with E-state index in [-0.39, 0.29) is 28.3 Å². The Morgan fingerprint density at radius 1 is 1.30 bits per heavy atom. The molecule has 0 saturated carbocycles. The van der Waals surface area contributed by atoms with E-state index in [0.29, 0.717) is 20.0 Å². The Bertz CT molecular complexity index is 500. The maximum absolute atomic E-state index is 12.0. The first-order valence-corrected chi connectivity index (χ1v) is 11.4. The summed E-state index contributed by atoms with van der Waals surface area (Å²) in [5.41, 5.74) is 0.797. The van der Waals surface area contributed by atoms with Crippen molar-refractivity contribution >= 4 is 40.2 Å². The lowest BCUT2D eigenvalue weighted by molar-refractivity contribution is -0.117. The number of halogens is 1. The highest BCUT2D eigenvalue weighted by Crippen LogP contribution is 2.66. The molecule has 6 unspecified atom stereocenters. The molecule has 132 valence electrons. The lowest BCUT2D eigenvalue weighted by Gasteiger charge is -2.58. The summed E-state index contributed by atoms with van der Waals surface area (Å²) in [5, 5.41) is -0.339. The van der Waals surface area contributed by atoms with E-state index in [1.165, 1.54) is 0 Å². The van der Waals surface area contributed by atoms with Crippen molar-refractivity contribution in [3.8, 4) is 0 Å². The molecule has 2 rings (SSSR count). The van der Waals surface area contributed by atoms with Crippen LogP contribution in [-0.2, 0) is 4.79 Å². The average Bonchev–Trinajstić information content (AvgIpc) is 2.50. The first-order valence-electron chi connectivity index (χ1n) is 8.16. The van der Waals surface area contributed by atoms with E-state index < -0.39 is 8.07 Å². The fourth-order valence-corrected chi connectivity index (χ4v) is 10.8. The van der Waals surface area contributed by atoms with Gasteiger partial charge in [0.25, 0.3) is 0 Å². The van der Waals surface area contributed by atoms with Crippen molar-refractivity contribution in [1.29, 1.82) is 0 Å². The fraction of sp³-hybridized carbons (Fsp3) is 0.875. The van der Waals surface area contributed by atoms with Crippen LogP contribution < -0.4 is 0 Å². The van der Waals surface area contributed by atoms with Crippen molar-refractivity contribution in [3.05, 3.63) is 0 Å². The highest BCUT2D eigenvalue weighted by Gasteiger charge is 2.57. The molecule has 0 spiro atoms. The van der Waals surface area contributed by atoms with Crippen LogP contribution in [0.15, 0.2) is 0 Å². The van der Waals surface area contributed by atoms with E-state index >= 15 is 0 Å². The summed E-state index contributed by atoms with van der Waals surface area (Å²) in [7, 11) is -0.199. The SMILES string of the molecule is CC1CC(C)(C)C2C(PN1C(=O)Cl)C(C)(C)C(C)N(C=O)P2C. The molecule has 2 aliphatic rings. The Kier molecular flexibility index (Phi) is 5.43. The largest absolute Gasteiger partial charge is 0.321 e. The molecule has 0 bridgehead atoms. The van der Waals surface area contributed by atoms with E-state index in [1.807, 2.05) is 9.34 Å². The Balaban J connectivity index is 2.55. The number of amides is 2. The zero-order chi connectivity index (χ0) is 17.7. The summed E-state index contributed by atoms with van der Waals surface area (Å²) in [6.07, 6.45) is 1.95. The summed E-state index contributed by atoms with van der Waals surface area (Å²) in [5.74, 6) is 0. The minimum atomic E-state index is -0.582. The van der Waals surface area contributed by atoms with Crippen molar-refractivity contribution in [1.82, 2.24) is 9.34 Å². The Morgan fingerprint density at radius 2 is 1.87 bits per heavy atom. The molecule has 0 aromatic carbocycles. The van der Waals surface area contributed by atoms with Gasteiger partial charge in [-0.3, -0.25) is 9.59 Å². The third-order valence-electron chi connectivity index (χ3n) is 6.00. The molecule has 6 atom stereocenters. The molecule has 2 amide bonds. The van der Waals surface area contributed by atoms with Crippen LogP contribution in [0.5, 0.6) is 0 Å². The number of nitrogens with zero attached hydrogens (tertiary/aromatic N) is 2. The number of fused-ring (bicyclic) bond motifs is 1. The van der Waals surface area contributed by atoms with Crippen LogP contribution in [0.1, 0.15) is 48.0 Å². The van der Waals surface area contributed by atoms with Crippen molar-refractivity contribution in [3.63, 3.8) is 0 Å². The van der Waals surface area contributed by atoms with Gasteiger partial charge in [-0.05, 0) is 66.2 Å². The van der Waals surface area contributed by atoms with Crippen molar-refractivity contribution in [2.75, 3.05) is 6.66 Å². The second-order valence-corrected chi connectivity index (χ2v) is 12.1. The van der Waals surface area contributed by atoms with E-state index in [4.69, 9.17) is 11.6 Å². The van der Waals surface area contributed by atoms with Crippen molar-refractivity contribution in [2.45, 2.75) is 71.4 Å². The van der Waals surface area contributed by atoms with Gasteiger partial charge in [-0.2, -0.15) is 0 Å². The fourth-order valence-electron chi connectivity index (χ4n) is 4.47. The van der Waals surface area contributed by atoms with Gasteiger partial charge < -0.3 is 9.34 Å². The van der Waals surface area contributed by atoms with Gasteiger partial charge in [0.05, 0.1) is 0 Å². The Morgan fingerprint density at radius 3 is 2.35 bits per heavy atom. The standard InChI is InChI=1S/C16H29ClN2O2P2/c1-10-8-15(3,4)13-12(22-19(10)14(17)21)16(5,6)11(2)18(9-20)23(13)7/h9-13,22H,8H2,1-7H3. The smallest absolute Gasteiger partial charge is 0.319 e. The third-order valence-corrected chi connectivity index (χ3v) is 11.8. The quantitative estimate of drug-likeness (QED) is 0.287. The van der Waals surface area contributed by atoms with E-state index in [2.05, 4.69) is 48.2 Å². The highest BCUT2D eigenvalue weighted by atomic mass is 35.5. The van der Waals surface area contributed by atoms with E-state index in [9.17, 15) is 9.59 Å². The normalized spacial score (nSPS) is 40.4. The molecule has 0 N–H and O–H groups in total. The monoisotopic (exact) mass is 378 g/mol. The number of carbonyl (C=O) groups excluding carboxylic acids is 2. The molecular formula is C16H29ClN2O2P2. The lowest BCUT2D eigenvalue weighted by atomic mass is 9.72. The zero-order valence-corrected chi connectivity index (χ0v) is 17.8. The predicted octanol–water partition coefficient (Wildman–Crippen LogP) is 4.71. The first kappa shape index (κ1) is 19.4. The zero-order valence-electron chi connectivity index (χ0n) is 15.1. The molecular weight excluding hydrogens is 350 g/mol. The topological polar surface area (TPSA) is 40.6 Å². The minimum absolute atomic E-state index is 0.0508. The number of hydrogen-bond acceptors (Lipinski definition) is 2. The van der Waals surface area contributed by atoms with Crippen LogP contribution in [0, 0.1) is 10.8 Å². The first-order chi connectivity index (χ1) is 10.4. The minimum Gasteiger partial charge on any atom is -0.321 e. The molecule has 7 heteroatoms. The third kappa shape index (κ3) is 3.16. The molecule has 0 radical (unpaired) electrons. The summed E-state index contributed by atoms with van der Waals surface area (Å²) in [6, 6.07) is 0.305. The number of rotatable bonds is 1. The van der Waals surface area contributed by atoms with E-state index in [0.717, 1.165) is 12.8 Å². The van der Waals surface area contributed by atoms with Crippen LogP contribution in [0.3, 0.4) is 0 Å². The van der Waals surface area contributed by atoms with Crippen LogP contribution in [0.2, 0.25) is 0 Å². The summed E-state index contributed by atoms with van der Waals surface area (Å²) in [6.45, 7) is 15.5. The molecule has 4 nitrogen and oxygen atoms in total. The van der Waals surface area contributed by atoms with Crippen LogP contribution in [0.4, 0.5) is 4.79 Å². The second kappa shape index (κ2) is 6.43. The van der Waals surface area contributed by atoms with Gasteiger partial charge in [0, 0.05) is 23.4 Å². The maximum atomic E-state index is 12.0. The van der Waals surface area contributed by atoms with E-state index in [1.54, 1.807) is 0 Å². The van der Waals surface area contributed by atoms with Gasteiger partial charge in [-0.25, -0.2) is 0 Å². The second-order valence-electron chi connectivity index (χ2n) is 8.27. The van der Waals surface area contributed by atoms with Crippen molar-refractivity contribution in [2.24, 2.45) is 10.8 Å². The Hall–Kier alpha value is 0.0900. The van der Waals surface area contributed by atoms with Gasteiger partial charge >= 0.3 is 5.37 Å². The summed E-state index contributed by atoms with van der Waals surface area (Å²) >= 11 is 5.90. The van der Waals surface area contributed by atoms with Gasteiger partial charge in [-0.1, -0.05) is 27.7 Å². The molecule has 0 aromatic heterocycles. The number of carbonyl (C=O) groups is 2. The molecule has 2 fully saturated rings. The predicted molar refractivity (Wildman–Crippen MR) is 101 cm³/mol. The van der Waals surface area contributed by atoms with Gasteiger partial charge in [-0.15, -0.1) is 0 Å². The van der Waals surface area contributed by atoms with Crippen LogP contribution in [-0.4, -0.2) is 51.2 Å². The maximum Gasteiger partial charge on any atom is 0.319 e. The Labute approximate surface area is 148 Å². The number of hydrogen-bond donors (Lipinski definition) is 0. The molecule has 23 heavy (non-hydrogen) atoms. The van der Waals surface area contributed by atoms with Crippen LogP contribution >= 0.6 is 28.4 Å². The molecule has 2 aliphatic heterocycles. The van der Waals surface area contributed by atoms with Gasteiger partial charge in [0.15, 0.2) is 0 Å².